The molecule has 4 nitrogen and oxygen atoms in total. The molecule has 702 valence electrons. The van der Waals surface area contributed by atoms with E-state index in [2.05, 4.69) is 529 Å². The monoisotopic (exact) mass is 1800 g/mol. The topological polar surface area (TPSA) is 16.3 Å². The van der Waals surface area contributed by atoms with Gasteiger partial charge in [0.05, 0.1) is 39.1 Å². The molecule has 0 saturated carbocycles. The summed E-state index contributed by atoms with van der Waals surface area (Å²) in [5, 5.41) is 4.99. The van der Waals surface area contributed by atoms with Crippen molar-refractivity contribution in [1.29, 1.82) is 0 Å². The summed E-state index contributed by atoms with van der Waals surface area (Å²) in [5.41, 5.74) is 42.8. The zero-order chi connectivity index (χ0) is 99.0. The minimum absolute atomic E-state index is 0.0967. The van der Waals surface area contributed by atoms with E-state index in [9.17, 15) is 0 Å². The van der Waals surface area contributed by atoms with E-state index < -0.39 is 0 Å². The molecule has 137 heavy (non-hydrogen) atoms. The number of hydrogen-bond donors (Lipinski definition) is 0. The Labute approximate surface area is 822 Å². The lowest BCUT2D eigenvalue weighted by Crippen LogP contribution is -2.61. The summed E-state index contributed by atoms with van der Waals surface area (Å²) >= 11 is 0. The fourth-order valence-corrected chi connectivity index (χ4v) is 21.3. The number of aromatic nitrogens is 2. The van der Waals surface area contributed by atoms with E-state index in [0.717, 1.165) is 89.9 Å². The second-order valence-electron chi connectivity index (χ2n) is 53.0. The maximum absolute atomic E-state index is 2.83. The number of anilines is 6. The van der Waals surface area contributed by atoms with Gasteiger partial charge in [0, 0.05) is 72.2 Å². The lowest BCUT2D eigenvalue weighted by Gasteiger charge is -2.46. The molecule has 16 aromatic rings. The van der Waals surface area contributed by atoms with Gasteiger partial charge in [0.1, 0.15) is 0 Å². The van der Waals surface area contributed by atoms with E-state index in [1.807, 2.05) is 0 Å². The van der Waals surface area contributed by atoms with Gasteiger partial charge in [0.15, 0.2) is 0 Å². The highest BCUT2D eigenvalue weighted by Crippen LogP contribution is 2.57. The van der Waals surface area contributed by atoms with Gasteiger partial charge in [0.2, 0.25) is 0 Å². The molecule has 4 heterocycles. The highest BCUT2D eigenvalue weighted by molar-refractivity contribution is 7.00. The Kier molecular flexibility index (Phi) is 22.7. The van der Waals surface area contributed by atoms with E-state index in [-0.39, 0.29) is 71.7 Å². The number of hydrogen-bond acceptors (Lipinski definition) is 2. The van der Waals surface area contributed by atoms with Gasteiger partial charge in [-0.15, -0.1) is 0 Å². The normalized spacial score (nSPS) is 13.9. The smallest absolute Gasteiger partial charge is 0.252 e. The summed E-state index contributed by atoms with van der Waals surface area (Å²) in [4.78, 5) is 5.66. The van der Waals surface area contributed by atoms with Gasteiger partial charge < -0.3 is 18.9 Å². The molecule has 2 aromatic heterocycles. The lowest BCUT2D eigenvalue weighted by atomic mass is 9.33. The first-order valence-corrected chi connectivity index (χ1v) is 50.7. The van der Waals surface area contributed by atoms with Gasteiger partial charge in [-0.25, -0.2) is 0 Å². The zero-order valence-electron chi connectivity index (χ0n) is 89.7. The van der Waals surface area contributed by atoms with Crippen molar-refractivity contribution in [3.63, 3.8) is 0 Å². The number of benzene rings is 14. The second-order valence-corrected chi connectivity index (χ2v) is 53.0. The molecule has 2 aliphatic rings. The van der Waals surface area contributed by atoms with Crippen molar-refractivity contribution in [2.45, 2.75) is 314 Å². The van der Waals surface area contributed by atoms with E-state index in [1.165, 1.54) is 138 Å². The molecule has 0 amide bonds. The average molecular weight is 1800 g/mol. The van der Waals surface area contributed by atoms with Crippen molar-refractivity contribution in [3.05, 3.63) is 328 Å². The van der Waals surface area contributed by atoms with Crippen LogP contribution in [0.2, 0.25) is 0 Å². The van der Waals surface area contributed by atoms with Crippen molar-refractivity contribution in [2.24, 2.45) is 0 Å². The molecule has 0 unspecified atom stereocenters. The third-order valence-electron chi connectivity index (χ3n) is 30.2. The number of rotatable bonds is 9. The third kappa shape index (κ3) is 17.4. The highest BCUT2D eigenvalue weighted by atomic mass is 15.2. The number of nitrogens with zero attached hydrogens (tertiary/aromatic N) is 4. The molecule has 0 saturated heterocycles. The zero-order valence-corrected chi connectivity index (χ0v) is 89.7. The van der Waals surface area contributed by atoms with Crippen molar-refractivity contribution < 1.29 is 0 Å². The Hall–Kier alpha value is -11.7. The maximum Gasteiger partial charge on any atom is 0.252 e. The number of fused-ring (bicyclic) bond motifs is 10. The third-order valence-corrected chi connectivity index (χ3v) is 30.2. The predicted octanol–water partition coefficient (Wildman–Crippen LogP) is 35.9. The molecule has 0 radical (unpaired) electrons. The molecular weight excluding hydrogens is 1650 g/mol. The molecule has 0 atom stereocenters. The van der Waals surface area contributed by atoms with E-state index >= 15 is 0 Å². The largest absolute Gasteiger partial charge is 0.310 e. The molecule has 0 bridgehead atoms. The van der Waals surface area contributed by atoms with Crippen LogP contribution in [0.3, 0.4) is 0 Å². The van der Waals surface area contributed by atoms with Crippen LogP contribution in [0.15, 0.2) is 261 Å². The minimum atomic E-state index is -0.347. The van der Waals surface area contributed by atoms with Crippen LogP contribution >= 0.6 is 0 Å². The molecule has 0 spiro atoms. The summed E-state index contributed by atoms with van der Waals surface area (Å²) in [6.07, 6.45) is 0. The van der Waals surface area contributed by atoms with Crippen LogP contribution in [0.1, 0.15) is 316 Å². The lowest BCUT2D eigenvalue weighted by molar-refractivity contribution is 0.568. The summed E-state index contributed by atoms with van der Waals surface area (Å²) < 4.78 is 5.29. The Morgan fingerprint density at radius 2 is 0.467 bits per heavy atom. The molecule has 5 heteroatoms. The van der Waals surface area contributed by atoms with Crippen molar-refractivity contribution in [1.82, 2.24) is 9.13 Å². The van der Waals surface area contributed by atoms with Crippen molar-refractivity contribution in [2.75, 3.05) is 9.80 Å². The molecular formula is C132H151BN4. The van der Waals surface area contributed by atoms with Crippen LogP contribution in [-0.4, -0.2) is 15.8 Å². The fraction of sp³-hybridized carbons (Fsp3) is 0.364. The van der Waals surface area contributed by atoms with Crippen LogP contribution in [0.5, 0.6) is 0 Å². The van der Waals surface area contributed by atoms with Gasteiger partial charge in [-0.2, -0.15) is 0 Å². The molecule has 2 aliphatic heterocycles. The number of para-hydroxylation sites is 2. The Bertz CT molecular complexity index is 7310. The van der Waals surface area contributed by atoms with Gasteiger partial charge in [-0.05, 0) is 260 Å². The summed E-state index contributed by atoms with van der Waals surface area (Å²) in [5.74, 6) is 0. The van der Waals surface area contributed by atoms with Crippen LogP contribution in [0.4, 0.5) is 34.1 Å². The first-order chi connectivity index (χ1) is 63.5. The van der Waals surface area contributed by atoms with Crippen LogP contribution in [0, 0.1) is 0 Å². The first kappa shape index (κ1) is 95.6. The highest BCUT2D eigenvalue weighted by Gasteiger charge is 2.47. The molecule has 0 N–H and O–H groups in total. The summed E-state index contributed by atoms with van der Waals surface area (Å²) in [6.45, 7) is 85.1. The van der Waals surface area contributed by atoms with E-state index in [4.69, 9.17) is 0 Å². The second kappa shape index (κ2) is 32.5. The van der Waals surface area contributed by atoms with Gasteiger partial charge in [0.25, 0.3) is 6.71 Å². The van der Waals surface area contributed by atoms with Crippen LogP contribution < -0.4 is 26.2 Å². The molecule has 0 fully saturated rings. The molecule has 0 aliphatic carbocycles. The maximum atomic E-state index is 2.83. The standard InChI is InChI=1S/C132H151BN4/c1-121(2,3)85-48-43-80(44-49-85)98-39-37-41-100(84-67-94(130(28,29)30)71-95(68-84)131(31,32)33)119(98)136-114-69-82(83-65-92(128(22,23)24)70-93(66-83)129(25,26)27)47-59-108(114)133-109-60-57-96(134-110-61-53-87(123(7,8)9)72-103(110)104-73-88(124(10,11)12)54-62-111(104)134)77-115(109)137(117-79-97(78-116(136)118(117)133)135-112-63-55-89(125(13,14)15)74-105(112)106-75-90(126(16,17)18)56-64-113(106)135)120-99(81-45-50-86(51-46-81)122(4,5)6)40-38-42-102(120)101-58-52-91(127(19,20)21)76-107(101)132(34,35)36/h37-79H,1-36H3. The van der Waals surface area contributed by atoms with Gasteiger partial charge in [-0.1, -0.05) is 431 Å². The SMILES string of the molecule is CC(C)(C)c1ccc(-c2cccc(-c3cc(C(C)(C)C)cc(C(C)(C)C)c3)c2N2c3cc(-c4cc(C(C)(C)C)cc(C(C)(C)C)c4)ccc3B3c4ccc(-n5c6ccc(C(C)(C)C)cc6c6cc(C(C)(C)C)ccc65)cc4N(c4c(-c5ccc(C(C)(C)C)cc5)cccc4-c4ccc(C(C)(C)C)cc4C(C)(C)C)c4cc(-n5c6ccc(C(C)(C)C)cc6c6cc(C(C)(C)C)ccc65)cc2c43)cc1. The summed E-state index contributed by atoms with van der Waals surface area (Å²) in [7, 11) is 0. The Morgan fingerprint density at radius 3 is 0.825 bits per heavy atom. The fourth-order valence-electron chi connectivity index (χ4n) is 21.3. The van der Waals surface area contributed by atoms with E-state index in [1.54, 1.807) is 0 Å². The molecule has 18 rings (SSSR count). The van der Waals surface area contributed by atoms with Crippen molar-refractivity contribution >= 4 is 101 Å². The Balaban J connectivity index is 1.11. The van der Waals surface area contributed by atoms with Crippen LogP contribution in [0.25, 0.3) is 111 Å². The molecule has 14 aromatic carbocycles. The summed E-state index contributed by atoms with van der Waals surface area (Å²) in [6, 6.07) is 107. The van der Waals surface area contributed by atoms with Gasteiger partial charge in [-0.3, -0.25) is 0 Å². The quantitative estimate of drug-likeness (QED) is 0.134. The first-order valence-electron chi connectivity index (χ1n) is 50.7. The minimum Gasteiger partial charge on any atom is -0.310 e. The van der Waals surface area contributed by atoms with Crippen LogP contribution in [-0.2, 0) is 65.0 Å². The average Bonchev–Trinajstić information content (AvgIpc) is 1.68. The van der Waals surface area contributed by atoms with Crippen molar-refractivity contribution in [3.8, 4) is 67.0 Å². The predicted molar refractivity (Wildman–Crippen MR) is 601 cm³/mol. The van der Waals surface area contributed by atoms with Gasteiger partial charge >= 0.3 is 0 Å². The van der Waals surface area contributed by atoms with E-state index in [0.29, 0.717) is 0 Å². The Morgan fingerprint density at radius 1 is 0.182 bits per heavy atom.